The number of ether oxygens (including phenoxy) is 1. The van der Waals surface area contributed by atoms with Gasteiger partial charge in [-0.1, -0.05) is 122 Å². The first-order valence-electron chi connectivity index (χ1n) is 13.4. The van der Waals surface area contributed by atoms with Crippen LogP contribution in [-0.4, -0.2) is 29.2 Å². The van der Waals surface area contributed by atoms with Gasteiger partial charge in [-0.2, -0.15) is 0 Å². The third-order valence-electron chi connectivity index (χ3n) is 8.23. The Balaban J connectivity index is 7.41. The summed E-state index contributed by atoms with van der Waals surface area (Å²) in [6.07, 6.45) is 2.09. The number of carbonyl (C=O) groups excluding carboxylic acids is 1. The summed E-state index contributed by atoms with van der Waals surface area (Å²) in [6.45, 7) is 34.5. The molecule has 2 nitrogen and oxygen atoms in total. The third-order valence-corrected chi connectivity index (χ3v) is 21.3. The normalized spacial score (nSPS) is 14.5. The molecule has 0 radical (unpaired) electrons. The Bertz CT molecular complexity index is 750. The van der Waals surface area contributed by atoms with Crippen molar-refractivity contribution in [3.8, 4) is 11.5 Å². The van der Waals surface area contributed by atoms with E-state index in [9.17, 15) is 4.79 Å². The lowest BCUT2D eigenvalue weighted by Crippen LogP contribution is -2.43. The summed E-state index contributed by atoms with van der Waals surface area (Å²) < 4.78 is 5.32. The van der Waals surface area contributed by atoms with Crippen LogP contribution in [0, 0.1) is 16.9 Å². The fourth-order valence-electron chi connectivity index (χ4n) is 6.43. The van der Waals surface area contributed by atoms with Gasteiger partial charge in [0.05, 0.1) is 20.8 Å². The zero-order valence-corrected chi connectivity index (χ0v) is 27.4. The predicted molar refractivity (Wildman–Crippen MR) is 158 cm³/mol. The van der Waals surface area contributed by atoms with Crippen LogP contribution in [0.2, 0.25) is 33.2 Å². The van der Waals surface area contributed by atoms with Gasteiger partial charge in [-0.05, 0) is 38.7 Å². The topological polar surface area (TPSA) is 26.3 Å². The molecule has 0 aliphatic heterocycles. The summed E-state index contributed by atoms with van der Waals surface area (Å²) in [5.41, 5.74) is 10.9. The van der Waals surface area contributed by atoms with Crippen molar-refractivity contribution in [3.05, 3.63) is 22.9 Å². The van der Waals surface area contributed by atoms with E-state index in [1.54, 1.807) is 0 Å². The van der Waals surface area contributed by atoms with Crippen molar-refractivity contribution in [1.29, 1.82) is 0 Å². The number of carbonyl (C=O) groups is 1. The summed E-state index contributed by atoms with van der Waals surface area (Å²) in [6, 6.07) is 0. The molecule has 0 fully saturated rings. The predicted octanol–water partition coefficient (Wildman–Crippen LogP) is 9.50. The van der Waals surface area contributed by atoms with Crippen molar-refractivity contribution in [2.75, 3.05) is 7.11 Å². The Kier molecular flexibility index (Phi) is 12.4. The minimum Gasteiger partial charge on any atom is -0.465 e. The molecule has 0 heterocycles. The Labute approximate surface area is 215 Å². The highest BCUT2D eigenvalue weighted by atomic mass is 28.3. The van der Waals surface area contributed by atoms with Gasteiger partial charge in [0.2, 0.25) is 0 Å². The molecule has 0 atom stereocenters. The van der Waals surface area contributed by atoms with Gasteiger partial charge in [0, 0.05) is 5.57 Å². The van der Waals surface area contributed by atoms with E-state index in [0.717, 1.165) is 5.57 Å². The zero-order valence-electron chi connectivity index (χ0n) is 25.4. The van der Waals surface area contributed by atoms with Crippen LogP contribution in [0.15, 0.2) is 22.9 Å². The van der Waals surface area contributed by atoms with Gasteiger partial charge < -0.3 is 4.74 Å². The van der Waals surface area contributed by atoms with Crippen LogP contribution in [0.3, 0.4) is 0 Å². The Morgan fingerprint density at radius 1 is 0.735 bits per heavy atom. The molecule has 0 aromatic heterocycles. The van der Waals surface area contributed by atoms with Gasteiger partial charge in [0.1, 0.15) is 8.07 Å². The number of methoxy groups -OCH3 is 1. The summed E-state index contributed by atoms with van der Waals surface area (Å²) in [5, 5.41) is 0. The molecular weight excluding hydrogens is 449 g/mol. The summed E-state index contributed by atoms with van der Waals surface area (Å²) in [7, 11) is -2.28. The van der Waals surface area contributed by atoms with E-state index in [1.807, 2.05) is 0 Å². The van der Waals surface area contributed by atoms with E-state index in [-0.39, 0.29) is 11.4 Å². The quantitative estimate of drug-likeness (QED) is 0.103. The van der Waals surface area contributed by atoms with E-state index < -0.39 is 16.1 Å². The van der Waals surface area contributed by atoms with E-state index >= 15 is 0 Å². The molecule has 0 rings (SSSR count). The lowest BCUT2D eigenvalue weighted by atomic mass is 9.83. The fraction of sp³-hybridized carbons (Fsp3) is 0.767. The number of rotatable bonds is 9. The van der Waals surface area contributed by atoms with E-state index in [4.69, 9.17) is 4.74 Å². The molecular formula is C30H56O2Si2. The van der Waals surface area contributed by atoms with Crippen molar-refractivity contribution < 1.29 is 9.53 Å². The number of hydrogen-bond acceptors (Lipinski definition) is 2. The highest BCUT2D eigenvalue weighted by Gasteiger charge is 2.42. The first-order chi connectivity index (χ1) is 15.3. The molecule has 0 saturated heterocycles. The van der Waals surface area contributed by atoms with Crippen molar-refractivity contribution in [1.82, 2.24) is 0 Å². The largest absolute Gasteiger partial charge is 0.465 e. The zero-order chi connectivity index (χ0) is 27.2. The van der Waals surface area contributed by atoms with Gasteiger partial charge in [0.15, 0.2) is 0 Å². The number of allylic oxidation sites excluding steroid dienone is 1. The maximum atomic E-state index is 13.2. The van der Waals surface area contributed by atoms with E-state index in [2.05, 4.69) is 127 Å². The van der Waals surface area contributed by atoms with Crippen molar-refractivity contribution in [2.24, 2.45) is 5.41 Å². The molecule has 0 aromatic carbocycles. The molecule has 0 saturated carbocycles. The van der Waals surface area contributed by atoms with Crippen LogP contribution >= 0.6 is 0 Å². The lowest BCUT2D eigenvalue weighted by molar-refractivity contribution is -0.135. The first kappa shape index (κ1) is 32.9. The molecule has 0 aliphatic carbocycles. The minimum atomic E-state index is -1.94. The monoisotopic (exact) mass is 504 g/mol. The molecule has 0 aromatic rings. The lowest BCUT2D eigenvalue weighted by Gasteiger charge is -2.40. The maximum Gasteiger partial charge on any atom is 0.338 e. The minimum absolute atomic E-state index is 0.260. The van der Waals surface area contributed by atoms with Gasteiger partial charge in [-0.15, -0.1) is 5.54 Å². The van der Waals surface area contributed by atoms with Crippen LogP contribution in [0.4, 0.5) is 0 Å². The van der Waals surface area contributed by atoms with Crippen LogP contribution in [0.5, 0.6) is 0 Å². The smallest absolute Gasteiger partial charge is 0.338 e. The standard InChI is InChI=1S/C30H56O2Si2/c1-21(2)33(22(3)4,23(5)6)19-17-27(29(31)32-16)28(30(13,14)15)18-20-34(24(7)8,25(9)10)26(11)12/h17,19,21-26H,1-16H3/b19-17+,28-27+. The Morgan fingerprint density at radius 3 is 1.38 bits per heavy atom. The van der Waals surface area contributed by atoms with Gasteiger partial charge >= 0.3 is 5.97 Å². The van der Waals surface area contributed by atoms with Crippen LogP contribution in [0.25, 0.3) is 0 Å². The molecule has 0 bridgehead atoms. The summed E-state index contributed by atoms with van der Waals surface area (Å²) >= 11 is 0. The average Bonchev–Trinajstić information content (AvgIpc) is 2.66. The van der Waals surface area contributed by atoms with Crippen molar-refractivity contribution in [3.63, 3.8) is 0 Å². The Morgan fingerprint density at radius 2 is 1.12 bits per heavy atom. The van der Waals surface area contributed by atoms with Gasteiger partial charge in [-0.3, -0.25) is 0 Å². The first-order valence-corrected chi connectivity index (χ1v) is 17.9. The molecule has 196 valence electrons. The summed E-state index contributed by atoms with van der Waals surface area (Å²) in [4.78, 5) is 13.2. The Hall–Kier alpha value is -1.06. The van der Waals surface area contributed by atoms with Crippen LogP contribution < -0.4 is 0 Å². The highest BCUT2D eigenvalue weighted by molar-refractivity contribution is 6.90. The molecule has 0 aliphatic rings. The third kappa shape index (κ3) is 7.00. The second kappa shape index (κ2) is 12.8. The second-order valence-corrected chi connectivity index (χ2v) is 24.4. The SMILES string of the molecule is COC(=O)C(/C=C/[Si](C(C)C)(C(C)C)C(C)C)=C(\C#C[Si](C(C)C)(C(C)C)C(C)C)C(C)(C)C. The van der Waals surface area contributed by atoms with E-state index in [1.165, 1.54) is 7.11 Å². The van der Waals surface area contributed by atoms with Crippen molar-refractivity contribution in [2.45, 2.75) is 137 Å². The highest BCUT2D eigenvalue weighted by Crippen LogP contribution is 2.44. The molecule has 0 spiro atoms. The van der Waals surface area contributed by atoms with Crippen molar-refractivity contribution >= 4 is 22.1 Å². The van der Waals surface area contributed by atoms with Gasteiger partial charge in [-0.25, -0.2) is 4.79 Å². The molecule has 0 amide bonds. The van der Waals surface area contributed by atoms with Gasteiger partial charge in [0.25, 0.3) is 0 Å². The average molecular weight is 505 g/mol. The second-order valence-electron chi connectivity index (χ2n) is 13.0. The van der Waals surface area contributed by atoms with E-state index in [0.29, 0.717) is 38.8 Å². The van der Waals surface area contributed by atoms with Crippen LogP contribution in [-0.2, 0) is 9.53 Å². The maximum absolute atomic E-state index is 13.2. The molecule has 0 unspecified atom stereocenters. The molecule has 0 N–H and O–H groups in total. The fourth-order valence-corrected chi connectivity index (χ4v) is 17.2. The molecule has 4 heteroatoms. The molecule has 34 heavy (non-hydrogen) atoms. The number of hydrogen-bond donors (Lipinski definition) is 0. The summed E-state index contributed by atoms with van der Waals surface area (Å²) in [5.74, 6) is 3.36. The van der Waals surface area contributed by atoms with Crippen LogP contribution in [0.1, 0.15) is 104 Å². The number of esters is 1.